The summed E-state index contributed by atoms with van der Waals surface area (Å²) in [6, 6.07) is 6.55. The lowest BCUT2D eigenvalue weighted by Gasteiger charge is -2.01. The predicted molar refractivity (Wildman–Crippen MR) is 48.7 cm³/mol. The molecule has 0 saturated heterocycles. The number of halogens is 1. The predicted octanol–water partition coefficient (Wildman–Crippen LogP) is 0.000580. The first-order valence-corrected chi connectivity index (χ1v) is 4.00. The molecule has 60 valence electrons. The summed E-state index contributed by atoms with van der Waals surface area (Å²) in [5.74, 6) is 0. The van der Waals surface area contributed by atoms with E-state index in [4.69, 9.17) is 15.3 Å². The van der Waals surface area contributed by atoms with Crippen LogP contribution in [0.3, 0.4) is 0 Å². The molecule has 0 unspecified atom stereocenters. The molecule has 0 spiro atoms. The maximum absolute atomic E-state index is 8.82. The van der Waals surface area contributed by atoms with Crippen LogP contribution >= 0.6 is 15.9 Å². The highest BCUT2D eigenvalue weighted by Crippen LogP contribution is 2.09. The van der Waals surface area contributed by atoms with Crippen LogP contribution < -0.4 is 5.46 Å². The van der Waals surface area contributed by atoms with E-state index in [1.165, 1.54) is 12.1 Å². The van der Waals surface area contributed by atoms with Crippen LogP contribution in [0.1, 0.15) is 5.56 Å². The summed E-state index contributed by atoms with van der Waals surface area (Å²) in [4.78, 5) is 0. The summed E-state index contributed by atoms with van der Waals surface area (Å²) in [5, 5.41) is 26.2. The van der Waals surface area contributed by atoms with Gasteiger partial charge < -0.3 is 10.0 Å². The van der Waals surface area contributed by atoms with E-state index in [2.05, 4.69) is 15.9 Å². The average Bonchev–Trinajstić information content (AvgIpc) is 2.03. The van der Waals surface area contributed by atoms with Gasteiger partial charge in [-0.1, -0.05) is 22.0 Å². The molecule has 0 bridgehead atoms. The van der Waals surface area contributed by atoms with Gasteiger partial charge in [-0.05, 0) is 17.6 Å². The van der Waals surface area contributed by atoms with Gasteiger partial charge in [-0.2, -0.15) is 5.26 Å². The molecule has 0 aliphatic rings. The van der Waals surface area contributed by atoms with E-state index in [1.54, 1.807) is 6.07 Å². The fourth-order valence-electron chi connectivity index (χ4n) is 0.850. The van der Waals surface area contributed by atoms with Crippen LogP contribution in [0.2, 0.25) is 0 Å². The van der Waals surface area contributed by atoms with Gasteiger partial charge in [0.15, 0.2) is 0 Å². The van der Waals surface area contributed by atoms with Crippen molar-refractivity contribution in [2.24, 2.45) is 0 Å². The Morgan fingerprint density at radius 3 is 2.58 bits per heavy atom. The van der Waals surface area contributed by atoms with E-state index in [1.807, 2.05) is 6.07 Å². The highest BCUT2D eigenvalue weighted by atomic mass is 79.9. The van der Waals surface area contributed by atoms with E-state index in [0.29, 0.717) is 0 Å². The van der Waals surface area contributed by atoms with E-state index in [0.717, 1.165) is 4.47 Å². The normalized spacial score (nSPS) is 9.17. The molecule has 3 nitrogen and oxygen atoms in total. The Balaban J connectivity index is 3.23. The number of hydrogen-bond donors (Lipinski definition) is 2. The molecule has 12 heavy (non-hydrogen) atoms. The summed E-state index contributed by atoms with van der Waals surface area (Å²) >= 11 is 3.17. The van der Waals surface area contributed by atoms with Gasteiger partial charge in [0.1, 0.15) is 0 Å². The molecule has 0 radical (unpaired) electrons. The molecule has 0 heterocycles. The summed E-state index contributed by atoms with van der Waals surface area (Å²) in [5.41, 5.74) is 0.486. The Bertz CT molecular complexity index is 335. The second kappa shape index (κ2) is 3.72. The molecule has 0 amide bonds. The van der Waals surface area contributed by atoms with Crippen molar-refractivity contribution < 1.29 is 10.0 Å². The zero-order valence-corrected chi connectivity index (χ0v) is 7.62. The maximum atomic E-state index is 8.82. The molecule has 0 fully saturated rings. The second-order valence-corrected chi connectivity index (χ2v) is 3.13. The Hall–Kier alpha value is -0.825. The molecular formula is C7H5BBrNO2. The summed E-state index contributed by atoms with van der Waals surface area (Å²) in [7, 11) is -1.59. The number of nitriles is 1. The first-order valence-electron chi connectivity index (χ1n) is 3.21. The van der Waals surface area contributed by atoms with Crippen molar-refractivity contribution in [3.63, 3.8) is 0 Å². The fourth-order valence-corrected chi connectivity index (χ4v) is 1.21. The topological polar surface area (TPSA) is 64.2 Å². The summed E-state index contributed by atoms with van der Waals surface area (Å²) in [6.07, 6.45) is 0. The van der Waals surface area contributed by atoms with Crippen molar-refractivity contribution in [2.45, 2.75) is 0 Å². The van der Waals surface area contributed by atoms with Gasteiger partial charge in [0.25, 0.3) is 0 Å². The van der Waals surface area contributed by atoms with E-state index in [9.17, 15) is 0 Å². The zero-order chi connectivity index (χ0) is 9.14. The molecule has 0 aromatic heterocycles. The second-order valence-electron chi connectivity index (χ2n) is 2.22. The van der Waals surface area contributed by atoms with Gasteiger partial charge in [-0.25, -0.2) is 0 Å². The number of rotatable bonds is 1. The zero-order valence-electron chi connectivity index (χ0n) is 6.03. The van der Waals surface area contributed by atoms with Crippen molar-refractivity contribution in [3.05, 3.63) is 28.2 Å². The van der Waals surface area contributed by atoms with Crippen LogP contribution in [0.25, 0.3) is 0 Å². The molecule has 0 aliphatic carbocycles. The number of hydrogen-bond acceptors (Lipinski definition) is 3. The van der Waals surface area contributed by atoms with E-state index < -0.39 is 7.12 Å². The highest BCUT2D eigenvalue weighted by Gasteiger charge is 2.15. The van der Waals surface area contributed by atoms with Crippen LogP contribution in [-0.4, -0.2) is 17.2 Å². The lowest BCUT2D eigenvalue weighted by atomic mass is 9.77. The smallest absolute Gasteiger partial charge is 0.423 e. The summed E-state index contributed by atoms with van der Waals surface area (Å²) in [6.45, 7) is 0. The first kappa shape index (κ1) is 9.26. The molecule has 1 rings (SSSR count). The van der Waals surface area contributed by atoms with Crippen LogP contribution in [0.15, 0.2) is 22.7 Å². The van der Waals surface area contributed by atoms with Crippen molar-refractivity contribution in [2.75, 3.05) is 0 Å². The molecule has 2 N–H and O–H groups in total. The lowest BCUT2D eigenvalue weighted by Crippen LogP contribution is -2.32. The van der Waals surface area contributed by atoms with Crippen molar-refractivity contribution >= 4 is 28.5 Å². The standard InChI is InChI=1S/C7H5BBrNO2/c9-6-1-2-7(8(11)12)5(3-6)4-10/h1-3,11-12H. The van der Waals surface area contributed by atoms with Gasteiger partial charge in [-0.15, -0.1) is 0 Å². The largest absolute Gasteiger partial charge is 0.489 e. The Kier molecular flexibility index (Phi) is 2.87. The lowest BCUT2D eigenvalue weighted by molar-refractivity contribution is 0.425. The molecule has 5 heteroatoms. The van der Waals surface area contributed by atoms with Crippen molar-refractivity contribution in [1.29, 1.82) is 5.26 Å². The monoisotopic (exact) mass is 225 g/mol. The molecule has 0 saturated carbocycles. The van der Waals surface area contributed by atoms with Crippen LogP contribution in [0.4, 0.5) is 0 Å². The van der Waals surface area contributed by atoms with Crippen molar-refractivity contribution in [1.82, 2.24) is 0 Å². The van der Waals surface area contributed by atoms with Gasteiger partial charge in [0.2, 0.25) is 0 Å². The SMILES string of the molecule is N#Cc1cc(Br)ccc1B(O)O. The quantitative estimate of drug-likeness (QED) is 0.662. The summed E-state index contributed by atoms with van der Waals surface area (Å²) < 4.78 is 0.739. The molecule has 1 aromatic carbocycles. The van der Waals surface area contributed by atoms with Gasteiger partial charge >= 0.3 is 7.12 Å². The van der Waals surface area contributed by atoms with Crippen LogP contribution in [-0.2, 0) is 0 Å². The minimum Gasteiger partial charge on any atom is -0.423 e. The Morgan fingerprint density at radius 1 is 1.42 bits per heavy atom. The minimum atomic E-state index is -1.59. The third-order valence-corrected chi connectivity index (χ3v) is 1.91. The van der Waals surface area contributed by atoms with Gasteiger partial charge in [0.05, 0.1) is 11.6 Å². The molecule has 0 aliphatic heterocycles. The van der Waals surface area contributed by atoms with Gasteiger partial charge in [-0.3, -0.25) is 0 Å². The van der Waals surface area contributed by atoms with E-state index in [-0.39, 0.29) is 11.0 Å². The third kappa shape index (κ3) is 1.86. The third-order valence-electron chi connectivity index (χ3n) is 1.41. The Morgan fingerprint density at radius 2 is 2.08 bits per heavy atom. The molecule has 1 aromatic rings. The number of benzene rings is 1. The molecule has 0 atom stereocenters. The van der Waals surface area contributed by atoms with E-state index >= 15 is 0 Å². The van der Waals surface area contributed by atoms with Crippen LogP contribution in [0, 0.1) is 11.3 Å². The maximum Gasteiger partial charge on any atom is 0.489 e. The van der Waals surface area contributed by atoms with Crippen LogP contribution in [0.5, 0.6) is 0 Å². The highest BCUT2D eigenvalue weighted by molar-refractivity contribution is 9.10. The van der Waals surface area contributed by atoms with Gasteiger partial charge in [0, 0.05) is 4.47 Å². The first-order chi connectivity index (χ1) is 5.65. The minimum absolute atomic E-state index is 0.223. The fraction of sp³-hybridized carbons (Fsp3) is 0. The van der Waals surface area contributed by atoms with Crippen molar-refractivity contribution in [3.8, 4) is 6.07 Å². The Labute approximate surface area is 78.5 Å². The average molecular weight is 226 g/mol. The number of nitrogens with zero attached hydrogens (tertiary/aromatic N) is 1. The molecular weight excluding hydrogens is 221 g/mol.